The molecule has 1 aromatic heterocycles. The third kappa shape index (κ3) is 7.77. The first-order chi connectivity index (χ1) is 21.9. The van der Waals surface area contributed by atoms with Crippen molar-refractivity contribution in [3.63, 3.8) is 0 Å². The number of amidine groups is 1. The molecule has 1 aliphatic rings. The molecule has 9 nitrogen and oxygen atoms in total. The van der Waals surface area contributed by atoms with Crippen molar-refractivity contribution in [2.24, 2.45) is 10.1 Å². The van der Waals surface area contributed by atoms with E-state index in [2.05, 4.69) is 30.3 Å². The van der Waals surface area contributed by atoms with Crippen molar-refractivity contribution in [2.75, 3.05) is 10.7 Å². The summed E-state index contributed by atoms with van der Waals surface area (Å²) in [5.41, 5.74) is 6.79. The summed E-state index contributed by atoms with van der Waals surface area (Å²) in [7, 11) is 0. The average Bonchev–Trinajstić information content (AvgIpc) is 3.64. The summed E-state index contributed by atoms with van der Waals surface area (Å²) in [6.07, 6.45) is -2.74. The van der Waals surface area contributed by atoms with Crippen LogP contribution in [0.2, 0.25) is 0 Å². The Kier molecular flexibility index (Phi) is 9.82. The van der Waals surface area contributed by atoms with E-state index in [0.29, 0.717) is 40.1 Å². The first-order valence-electron chi connectivity index (χ1n) is 14.0. The summed E-state index contributed by atoms with van der Waals surface area (Å²) in [5, 5.41) is 9.32. The van der Waals surface area contributed by atoms with Crippen LogP contribution in [0.5, 0.6) is 5.75 Å². The largest absolute Gasteiger partial charge is 0.573 e. The van der Waals surface area contributed by atoms with Gasteiger partial charge in [0, 0.05) is 5.56 Å². The lowest BCUT2D eigenvalue weighted by atomic mass is 10.0. The molecule has 46 heavy (non-hydrogen) atoms. The van der Waals surface area contributed by atoms with E-state index in [4.69, 9.17) is 12.2 Å². The maximum atomic E-state index is 13.9. The van der Waals surface area contributed by atoms with Gasteiger partial charge in [-0.25, -0.2) is 14.1 Å². The van der Waals surface area contributed by atoms with Crippen LogP contribution >= 0.6 is 24.0 Å². The number of aromatic nitrogens is 3. The van der Waals surface area contributed by atoms with E-state index in [1.54, 1.807) is 6.07 Å². The van der Waals surface area contributed by atoms with Crippen molar-refractivity contribution in [1.29, 1.82) is 0 Å². The van der Waals surface area contributed by atoms with E-state index in [9.17, 15) is 22.4 Å². The van der Waals surface area contributed by atoms with Crippen LogP contribution in [-0.2, 0) is 4.79 Å². The number of alkyl halides is 3. The summed E-state index contributed by atoms with van der Waals surface area (Å²) in [4.78, 5) is 23.0. The van der Waals surface area contributed by atoms with Gasteiger partial charge >= 0.3 is 6.36 Å². The quantitative estimate of drug-likeness (QED) is 0.0916. The molecule has 0 atom stereocenters. The second-order valence-electron chi connectivity index (χ2n) is 10.2. The van der Waals surface area contributed by atoms with Crippen LogP contribution in [0.3, 0.4) is 0 Å². The molecular weight excluding hydrogens is 643 g/mol. The summed E-state index contributed by atoms with van der Waals surface area (Å²) in [6.45, 7) is 5.79. The third-order valence-corrected chi connectivity index (χ3v) is 7.85. The lowest BCUT2D eigenvalue weighted by Gasteiger charge is -2.21. The molecule has 1 N–H and O–H groups in total. The Bertz CT molecular complexity index is 1800. The molecule has 4 aromatic rings. The zero-order valence-corrected chi connectivity index (χ0v) is 26.4. The number of hydrogen-bond donors (Lipinski definition) is 1. The van der Waals surface area contributed by atoms with E-state index >= 15 is 0 Å². The molecule has 1 amide bonds. The van der Waals surface area contributed by atoms with Gasteiger partial charge in [-0.2, -0.15) is 10.1 Å². The number of halogens is 4. The molecule has 5 rings (SSSR count). The zero-order chi connectivity index (χ0) is 33.0. The molecule has 15 heteroatoms. The minimum atomic E-state index is -4.77. The van der Waals surface area contributed by atoms with Crippen LogP contribution in [0.15, 0.2) is 83.2 Å². The van der Waals surface area contributed by atoms with E-state index in [-0.39, 0.29) is 34.3 Å². The van der Waals surface area contributed by atoms with Crippen LogP contribution < -0.4 is 15.1 Å². The van der Waals surface area contributed by atoms with Gasteiger partial charge in [-0.15, -0.1) is 18.3 Å². The minimum absolute atomic E-state index is 0.0208. The lowest BCUT2D eigenvalue weighted by molar-refractivity contribution is -0.274. The smallest absolute Gasteiger partial charge is 0.406 e. The van der Waals surface area contributed by atoms with Gasteiger partial charge in [-0.1, -0.05) is 56.8 Å². The van der Waals surface area contributed by atoms with Gasteiger partial charge in [0.05, 0.1) is 22.8 Å². The number of carbonyl (C=O) groups is 1. The molecule has 1 aliphatic heterocycles. The van der Waals surface area contributed by atoms with Crippen molar-refractivity contribution in [3.8, 4) is 22.8 Å². The van der Waals surface area contributed by atoms with Crippen LogP contribution in [0, 0.1) is 5.82 Å². The van der Waals surface area contributed by atoms with Crippen LogP contribution in [0.25, 0.3) is 17.1 Å². The predicted molar refractivity (Wildman–Crippen MR) is 174 cm³/mol. The van der Waals surface area contributed by atoms with Gasteiger partial charge < -0.3 is 4.74 Å². The molecule has 0 bridgehead atoms. The maximum Gasteiger partial charge on any atom is 0.573 e. The minimum Gasteiger partial charge on any atom is -0.406 e. The first-order valence-corrected chi connectivity index (χ1v) is 15.4. The number of aliphatic imine (C=N–C) groups is 1. The Labute approximate surface area is 271 Å². The topological polar surface area (TPSA) is 97.0 Å². The van der Waals surface area contributed by atoms with Gasteiger partial charge in [-0.05, 0) is 78.1 Å². The third-order valence-electron chi connectivity index (χ3n) is 6.74. The van der Waals surface area contributed by atoms with Crippen LogP contribution in [-0.4, -0.2) is 48.8 Å². The maximum absolute atomic E-state index is 13.9. The second kappa shape index (κ2) is 13.8. The molecule has 0 spiro atoms. The molecule has 3 aromatic carbocycles. The van der Waals surface area contributed by atoms with E-state index in [1.807, 2.05) is 45.0 Å². The summed E-state index contributed by atoms with van der Waals surface area (Å²) >= 11 is 6.66. The number of thioether (sulfide) groups is 1. The van der Waals surface area contributed by atoms with Gasteiger partial charge in [0.15, 0.2) is 11.0 Å². The van der Waals surface area contributed by atoms with Crippen LogP contribution in [0.4, 0.5) is 23.2 Å². The standard InChI is InChI=1S/C31H27F4N7O2S2/c1-4-25(38-39-29(45)37-30-42(27(43)16-46-30)26-14-9-21(32)15-24(26)18(2)3)19-5-7-20(8-6-19)28-36-17-41(40-28)22-10-12-23(13-11-22)44-31(33,34)35/h5-15,17-18H,4,16H2,1-3H3,(H,39,45)/b37-30-,38-25+. The highest BCUT2D eigenvalue weighted by Gasteiger charge is 2.32. The number of hydrogen-bond acceptors (Lipinski definition) is 7. The Hall–Kier alpha value is -4.63. The van der Waals surface area contributed by atoms with Gasteiger partial charge in [0.1, 0.15) is 17.9 Å². The van der Waals surface area contributed by atoms with Crippen molar-refractivity contribution in [3.05, 3.63) is 90.0 Å². The Balaban J connectivity index is 1.27. The van der Waals surface area contributed by atoms with Crippen molar-refractivity contribution < 1.29 is 27.1 Å². The molecule has 0 unspecified atom stereocenters. The predicted octanol–water partition coefficient (Wildman–Crippen LogP) is 7.22. The molecule has 0 radical (unpaired) electrons. The summed E-state index contributed by atoms with van der Waals surface area (Å²) in [6, 6.07) is 17.0. The highest BCUT2D eigenvalue weighted by atomic mass is 32.2. The first kappa shape index (κ1) is 32.8. The number of ether oxygens (including phenoxy) is 1. The molecular formula is C31H27F4N7O2S2. The fourth-order valence-electron chi connectivity index (χ4n) is 4.58. The fourth-order valence-corrected chi connectivity index (χ4v) is 5.64. The van der Waals surface area contributed by atoms with Crippen molar-refractivity contribution >= 4 is 51.6 Å². The number of rotatable bonds is 8. The summed E-state index contributed by atoms with van der Waals surface area (Å²) in [5.74, 6) is -0.305. The molecule has 0 aliphatic carbocycles. The van der Waals surface area contributed by atoms with E-state index in [0.717, 1.165) is 11.1 Å². The highest BCUT2D eigenvalue weighted by Crippen LogP contribution is 2.34. The lowest BCUT2D eigenvalue weighted by Crippen LogP contribution is -2.31. The number of hydrazone groups is 1. The van der Waals surface area contributed by atoms with Gasteiger partial charge in [0.2, 0.25) is 11.0 Å². The summed E-state index contributed by atoms with van der Waals surface area (Å²) < 4.78 is 56.6. The number of benzene rings is 3. The van der Waals surface area contributed by atoms with E-state index < -0.39 is 6.36 Å². The van der Waals surface area contributed by atoms with E-state index in [1.165, 1.54) is 64.1 Å². The number of thiocarbonyl (C=S) groups is 1. The number of anilines is 1. The number of nitrogens with one attached hydrogen (secondary N) is 1. The zero-order valence-electron chi connectivity index (χ0n) is 24.7. The van der Waals surface area contributed by atoms with Gasteiger partial charge in [0.25, 0.3) is 0 Å². The number of nitrogens with zero attached hydrogens (tertiary/aromatic N) is 6. The monoisotopic (exact) mass is 669 g/mol. The molecule has 2 heterocycles. The van der Waals surface area contributed by atoms with Crippen LogP contribution in [0.1, 0.15) is 44.2 Å². The molecule has 238 valence electrons. The Morgan fingerprint density at radius 1 is 1.11 bits per heavy atom. The normalized spacial score (nSPS) is 14.8. The highest BCUT2D eigenvalue weighted by molar-refractivity contribution is 8.15. The molecule has 1 fully saturated rings. The Morgan fingerprint density at radius 2 is 1.83 bits per heavy atom. The number of amides is 1. The number of carbonyl (C=O) groups excluding carboxylic acids is 1. The van der Waals surface area contributed by atoms with Gasteiger partial charge in [-0.3, -0.25) is 15.1 Å². The van der Waals surface area contributed by atoms with Crippen molar-refractivity contribution in [1.82, 2.24) is 20.2 Å². The molecule has 1 saturated heterocycles. The molecule has 0 saturated carbocycles. The van der Waals surface area contributed by atoms with Crippen molar-refractivity contribution in [2.45, 2.75) is 39.5 Å². The fraction of sp³-hybridized carbons (Fsp3) is 0.226. The SMILES string of the molecule is CC/C(=N\NC(=S)/N=C1\SCC(=O)N1c1ccc(F)cc1C(C)C)c1ccc(-c2ncn(-c3ccc(OC(F)(F)F)cc3)n2)cc1. The Morgan fingerprint density at radius 3 is 2.48 bits per heavy atom. The second-order valence-corrected chi connectivity index (χ2v) is 11.6. The average molecular weight is 670 g/mol.